The molecule has 2 heterocycles. The normalized spacial score (nSPS) is 16.5. The maximum Gasteiger partial charge on any atom is 0.226 e. The average Bonchev–Trinajstić information content (AvgIpc) is 2.98. The number of hydrogen-bond donors (Lipinski definition) is 2. The number of carbonyl (C=O) groups is 1. The summed E-state index contributed by atoms with van der Waals surface area (Å²) in [6.45, 7) is 0. The Hall–Kier alpha value is -3.15. The van der Waals surface area contributed by atoms with Gasteiger partial charge in [-0.1, -0.05) is 18.2 Å². The van der Waals surface area contributed by atoms with Gasteiger partial charge in [-0.15, -0.1) is 0 Å². The van der Waals surface area contributed by atoms with Crippen LogP contribution in [0.3, 0.4) is 0 Å². The Morgan fingerprint density at radius 2 is 2.00 bits per heavy atom. The third-order valence-electron chi connectivity index (χ3n) is 4.16. The van der Waals surface area contributed by atoms with Gasteiger partial charge in [0.1, 0.15) is 23.7 Å². The third kappa shape index (κ3) is 2.42. The van der Waals surface area contributed by atoms with Crippen LogP contribution in [0.1, 0.15) is 23.6 Å². The lowest BCUT2D eigenvalue weighted by molar-refractivity contribution is -0.116. The highest BCUT2D eigenvalue weighted by Gasteiger charge is 2.30. The van der Waals surface area contributed by atoms with Gasteiger partial charge in [0, 0.05) is 12.3 Å². The standard InChI is InChI=1S/C18H14FN3O2/c19-12-2-1-3-13(8-12)22-10-20-17-15(9-16(24)21-18(17)22)11-4-6-14(23)7-5-11/h1-8,10,15,23H,9H2,(H,21,24). The molecule has 24 heavy (non-hydrogen) atoms. The van der Waals surface area contributed by atoms with Crippen LogP contribution in [0.5, 0.6) is 5.75 Å². The van der Waals surface area contributed by atoms with Gasteiger partial charge in [0.15, 0.2) is 0 Å². The summed E-state index contributed by atoms with van der Waals surface area (Å²) in [7, 11) is 0. The highest BCUT2D eigenvalue weighted by molar-refractivity contribution is 5.94. The molecular weight excluding hydrogens is 309 g/mol. The number of anilines is 1. The van der Waals surface area contributed by atoms with Crippen LogP contribution in [0.2, 0.25) is 0 Å². The molecule has 120 valence electrons. The van der Waals surface area contributed by atoms with Crippen LogP contribution in [-0.4, -0.2) is 20.6 Å². The largest absolute Gasteiger partial charge is 0.508 e. The minimum absolute atomic E-state index is 0.126. The number of aromatic hydroxyl groups is 1. The molecule has 2 aromatic carbocycles. The number of benzene rings is 2. The van der Waals surface area contributed by atoms with Crippen molar-refractivity contribution in [2.45, 2.75) is 12.3 Å². The van der Waals surface area contributed by atoms with Crippen LogP contribution in [0.4, 0.5) is 10.2 Å². The fourth-order valence-electron chi connectivity index (χ4n) is 3.01. The number of aromatic nitrogens is 2. The zero-order valence-corrected chi connectivity index (χ0v) is 12.6. The molecule has 1 atom stereocenters. The first-order valence-corrected chi connectivity index (χ1v) is 7.54. The first-order chi connectivity index (χ1) is 11.6. The summed E-state index contributed by atoms with van der Waals surface area (Å²) in [6.07, 6.45) is 1.86. The van der Waals surface area contributed by atoms with Crippen LogP contribution in [0.25, 0.3) is 5.69 Å². The van der Waals surface area contributed by atoms with Crippen molar-refractivity contribution in [1.29, 1.82) is 0 Å². The molecule has 5 nitrogen and oxygen atoms in total. The second-order valence-electron chi connectivity index (χ2n) is 5.72. The number of carbonyl (C=O) groups excluding carboxylic acids is 1. The number of nitrogens with one attached hydrogen (secondary N) is 1. The van der Waals surface area contributed by atoms with Gasteiger partial charge in [0.25, 0.3) is 0 Å². The van der Waals surface area contributed by atoms with E-state index < -0.39 is 0 Å². The summed E-state index contributed by atoms with van der Waals surface area (Å²) < 4.78 is 15.2. The Kier molecular flexibility index (Phi) is 3.30. The molecule has 6 heteroatoms. The SMILES string of the molecule is O=C1CC(c2ccc(O)cc2)c2ncn(-c3cccc(F)c3)c2N1. The Labute approximate surface area is 137 Å². The van der Waals surface area contributed by atoms with Crippen LogP contribution < -0.4 is 5.32 Å². The van der Waals surface area contributed by atoms with E-state index in [9.17, 15) is 14.3 Å². The molecule has 0 aliphatic carbocycles. The van der Waals surface area contributed by atoms with Gasteiger partial charge in [0.2, 0.25) is 5.91 Å². The molecule has 3 aromatic rings. The maximum absolute atomic E-state index is 13.5. The van der Waals surface area contributed by atoms with Gasteiger partial charge in [-0.3, -0.25) is 9.36 Å². The van der Waals surface area contributed by atoms with E-state index in [-0.39, 0.29) is 29.8 Å². The minimum atomic E-state index is -0.354. The summed E-state index contributed by atoms with van der Waals surface area (Å²) in [4.78, 5) is 16.6. The van der Waals surface area contributed by atoms with Crippen molar-refractivity contribution in [3.63, 3.8) is 0 Å². The number of halogens is 1. The Morgan fingerprint density at radius 1 is 1.21 bits per heavy atom. The summed E-state index contributed by atoms with van der Waals surface area (Å²) >= 11 is 0. The van der Waals surface area contributed by atoms with Gasteiger partial charge in [0.05, 0.1) is 11.4 Å². The fraction of sp³-hybridized carbons (Fsp3) is 0.111. The molecule has 0 saturated carbocycles. The number of amides is 1. The van der Waals surface area contributed by atoms with Crippen molar-refractivity contribution >= 4 is 11.7 Å². The lowest BCUT2D eigenvalue weighted by Crippen LogP contribution is -2.24. The molecule has 1 aliphatic heterocycles. The third-order valence-corrected chi connectivity index (χ3v) is 4.16. The van der Waals surface area contributed by atoms with E-state index in [1.165, 1.54) is 12.1 Å². The highest BCUT2D eigenvalue weighted by atomic mass is 19.1. The zero-order chi connectivity index (χ0) is 16.7. The van der Waals surface area contributed by atoms with Crippen LogP contribution in [0.15, 0.2) is 54.9 Å². The lowest BCUT2D eigenvalue weighted by atomic mass is 9.90. The molecule has 1 unspecified atom stereocenters. The van der Waals surface area contributed by atoms with Crippen molar-refractivity contribution < 1.29 is 14.3 Å². The molecule has 0 spiro atoms. The number of hydrogen-bond acceptors (Lipinski definition) is 3. The van der Waals surface area contributed by atoms with E-state index in [1.54, 1.807) is 47.3 Å². The topological polar surface area (TPSA) is 67.1 Å². The van der Waals surface area contributed by atoms with Gasteiger partial charge in [-0.2, -0.15) is 0 Å². The first-order valence-electron chi connectivity index (χ1n) is 7.54. The van der Waals surface area contributed by atoms with E-state index in [2.05, 4.69) is 10.3 Å². The van der Waals surface area contributed by atoms with Gasteiger partial charge in [-0.25, -0.2) is 9.37 Å². The molecular formula is C18H14FN3O2. The Balaban J connectivity index is 1.81. The second kappa shape index (κ2) is 5.49. The maximum atomic E-state index is 13.5. The molecule has 0 saturated heterocycles. The van der Waals surface area contributed by atoms with Crippen molar-refractivity contribution in [2.24, 2.45) is 0 Å². The number of fused-ring (bicyclic) bond motifs is 1. The number of imidazole rings is 1. The molecule has 1 aromatic heterocycles. The Bertz CT molecular complexity index is 918. The average molecular weight is 323 g/mol. The summed E-state index contributed by atoms with van der Waals surface area (Å²) in [6, 6.07) is 12.9. The van der Waals surface area contributed by atoms with Gasteiger partial charge >= 0.3 is 0 Å². The van der Waals surface area contributed by atoms with Crippen molar-refractivity contribution in [2.75, 3.05) is 5.32 Å². The summed E-state index contributed by atoms with van der Waals surface area (Å²) in [5.74, 6) is 0.0366. The number of nitrogens with zero attached hydrogens (tertiary/aromatic N) is 2. The Morgan fingerprint density at radius 3 is 2.75 bits per heavy atom. The van der Waals surface area contributed by atoms with Crippen LogP contribution in [0, 0.1) is 5.82 Å². The van der Waals surface area contributed by atoms with E-state index in [0.717, 1.165) is 11.3 Å². The van der Waals surface area contributed by atoms with E-state index in [0.29, 0.717) is 11.5 Å². The first kappa shape index (κ1) is 14.4. The second-order valence-corrected chi connectivity index (χ2v) is 5.72. The van der Waals surface area contributed by atoms with Crippen LogP contribution >= 0.6 is 0 Å². The molecule has 2 N–H and O–H groups in total. The minimum Gasteiger partial charge on any atom is -0.508 e. The predicted molar refractivity (Wildman–Crippen MR) is 86.7 cm³/mol. The van der Waals surface area contributed by atoms with E-state index in [4.69, 9.17) is 0 Å². The molecule has 0 fully saturated rings. The predicted octanol–water partition coefficient (Wildman–Crippen LogP) is 3.19. The molecule has 0 radical (unpaired) electrons. The highest BCUT2D eigenvalue weighted by Crippen LogP contribution is 2.37. The lowest BCUT2D eigenvalue weighted by Gasteiger charge is -2.23. The number of phenolic OH excluding ortho intramolecular Hbond substituents is 1. The monoisotopic (exact) mass is 323 g/mol. The molecule has 4 rings (SSSR count). The molecule has 0 bridgehead atoms. The van der Waals surface area contributed by atoms with Gasteiger partial charge in [-0.05, 0) is 35.9 Å². The quantitative estimate of drug-likeness (QED) is 0.761. The fourth-order valence-corrected chi connectivity index (χ4v) is 3.01. The van der Waals surface area contributed by atoms with Crippen LogP contribution in [-0.2, 0) is 4.79 Å². The molecule has 1 aliphatic rings. The smallest absolute Gasteiger partial charge is 0.226 e. The molecule has 1 amide bonds. The van der Waals surface area contributed by atoms with E-state index >= 15 is 0 Å². The number of rotatable bonds is 2. The van der Waals surface area contributed by atoms with Gasteiger partial charge < -0.3 is 10.4 Å². The van der Waals surface area contributed by atoms with Crippen molar-refractivity contribution in [3.8, 4) is 11.4 Å². The summed E-state index contributed by atoms with van der Waals surface area (Å²) in [5, 5.41) is 12.3. The van der Waals surface area contributed by atoms with E-state index in [1.807, 2.05) is 0 Å². The summed E-state index contributed by atoms with van der Waals surface area (Å²) in [5.41, 5.74) is 2.22. The zero-order valence-electron chi connectivity index (χ0n) is 12.6. The van der Waals surface area contributed by atoms with Crippen molar-refractivity contribution in [3.05, 3.63) is 71.9 Å². The number of phenols is 1. The van der Waals surface area contributed by atoms with Crippen molar-refractivity contribution in [1.82, 2.24) is 9.55 Å².